The van der Waals surface area contributed by atoms with Crippen molar-refractivity contribution in [1.82, 2.24) is 9.55 Å². The molecule has 3 aromatic carbocycles. The number of hydrogen-bond donors (Lipinski definition) is 0. The second-order valence-electron chi connectivity index (χ2n) is 7.54. The van der Waals surface area contributed by atoms with E-state index in [-0.39, 0.29) is 5.82 Å². The van der Waals surface area contributed by atoms with E-state index < -0.39 is 0 Å². The van der Waals surface area contributed by atoms with Gasteiger partial charge < -0.3 is 4.57 Å². The van der Waals surface area contributed by atoms with Crippen molar-refractivity contribution >= 4 is 21.7 Å². The van der Waals surface area contributed by atoms with Crippen LogP contribution in [-0.2, 0) is 6.54 Å². The van der Waals surface area contributed by atoms with Crippen molar-refractivity contribution in [3.05, 3.63) is 102 Å². The molecule has 5 rings (SSSR count). The quantitative estimate of drug-likeness (QED) is 0.342. The van der Waals surface area contributed by atoms with Gasteiger partial charge in [-0.1, -0.05) is 36.4 Å². The number of hydrogen-bond acceptors (Lipinski definition) is 1. The molecule has 0 unspecified atom stereocenters. The Bertz CT molecular complexity index is 1350. The summed E-state index contributed by atoms with van der Waals surface area (Å²) in [4.78, 5) is 4.67. The lowest BCUT2D eigenvalue weighted by Gasteiger charge is -2.12. The molecular weight excluding hydrogens is 359 g/mol. The third kappa shape index (κ3) is 2.99. The smallest absolute Gasteiger partial charge is 0.123 e. The molecular formula is C26H21FN2. The first-order chi connectivity index (χ1) is 14.1. The predicted octanol–water partition coefficient (Wildman–Crippen LogP) is 6.66. The van der Waals surface area contributed by atoms with Gasteiger partial charge in [0.1, 0.15) is 5.82 Å². The molecule has 0 radical (unpaired) electrons. The maximum Gasteiger partial charge on any atom is 0.123 e. The summed E-state index contributed by atoms with van der Waals surface area (Å²) in [6, 6.07) is 23.7. The van der Waals surface area contributed by atoms with Gasteiger partial charge in [-0.3, -0.25) is 4.98 Å². The van der Waals surface area contributed by atoms with E-state index in [1.54, 1.807) is 12.1 Å². The Kier molecular flexibility index (Phi) is 4.17. The maximum absolute atomic E-state index is 13.5. The maximum atomic E-state index is 13.5. The van der Waals surface area contributed by atoms with E-state index in [1.165, 1.54) is 45.1 Å². The Morgan fingerprint density at radius 3 is 2.41 bits per heavy atom. The highest BCUT2D eigenvalue weighted by Crippen LogP contribution is 2.33. The third-order valence-corrected chi connectivity index (χ3v) is 5.82. The van der Waals surface area contributed by atoms with Crippen LogP contribution in [0.2, 0.25) is 0 Å². The van der Waals surface area contributed by atoms with Crippen LogP contribution in [0.25, 0.3) is 32.9 Å². The number of pyridine rings is 1. The van der Waals surface area contributed by atoms with E-state index in [4.69, 9.17) is 0 Å². The average molecular weight is 380 g/mol. The number of rotatable bonds is 3. The molecule has 0 atom stereocenters. The second-order valence-corrected chi connectivity index (χ2v) is 7.54. The first-order valence-corrected chi connectivity index (χ1v) is 9.80. The lowest BCUT2D eigenvalue weighted by Crippen LogP contribution is -2.03. The van der Waals surface area contributed by atoms with Gasteiger partial charge in [0.05, 0.1) is 11.2 Å². The fourth-order valence-electron chi connectivity index (χ4n) is 4.13. The molecule has 5 aromatic rings. The van der Waals surface area contributed by atoms with Crippen LogP contribution in [0.4, 0.5) is 4.39 Å². The van der Waals surface area contributed by atoms with Crippen molar-refractivity contribution in [3.63, 3.8) is 0 Å². The molecule has 29 heavy (non-hydrogen) atoms. The Morgan fingerprint density at radius 1 is 0.862 bits per heavy atom. The molecule has 0 amide bonds. The third-order valence-electron chi connectivity index (χ3n) is 5.82. The molecule has 2 aromatic heterocycles. The number of benzene rings is 3. The summed E-state index contributed by atoms with van der Waals surface area (Å²) in [5.74, 6) is -0.236. The molecule has 0 aliphatic heterocycles. The summed E-state index contributed by atoms with van der Waals surface area (Å²) in [5.41, 5.74) is 6.64. The van der Waals surface area contributed by atoms with Gasteiger partial charge in [-0.05, 0) is 72.1 Å². The Labute approximate surface area is 169 Å². The standard InChI is InChI=1S/C26H21FN2/c1-17-18(2)29(16-19-7-8-20-5-3-4-6-22(20)15-19)26-24(17)13-14-28-25(26)21-9-11-23(27)12-10-21/h3-15H,16H2,1-2H3. The number of fused-ring (bicyclic) bond motifs is 2. The molecule has 3 heteroatoms. The van der Waals surface area contributed by atoms with Crippen molar-refractivity contribution in [2.75, 3.05) is 0 Å². The van der Waals surface area contributed by atoms with E-state index in [2.05, 4.69) is 71.9 Å². The van der Waals surface area contributed by atoms with Gasteiger partial charge in [0.15, 0.2) is 0 Å². The van der Waals surface area contributed by atoms with Gasteiger partial charge in [-0.25, -0.2) is 4.39 Å². The van der Waals surface area contributed by atoms with Crippen molar-refractivity contribution in [3.8, 4) is 11.3 Å². The minimum atomic E-state index is -0.236. The molecule has 0 aliphatic carbocycles. The zero-order valence-electron chi connectivity index (χ0n) is 16.5. The number of nitrogens with zero attached hydrogens (tertiary/aromatic N) is 2. The minimum absolute atomic E-state index is 0.236. The predicted molar refractivity (Wildman–Crippen MR) is 118 cm³/mol. The Morgan fingerprint density at radius 2 is 1.62 bits per heavy atom. The van der Waals surface area contributed by atoms with Gasteiger partial charge >= 0.3 is 0 Å². The first kappa shape index (κ1) is 17.6. The van der Waals surface area contributed by atoms with E-state index in [9.17, 15) is 4.39 Å². The Hall–Kier alpha value is -3.46. The lowest BCUT2D eigenvalue weighted by molar-refractivity contribution is 0.628. The minimum Gasteiger partial charge on any atom is -0.338 e. The number of aromatic nitrogens is 2. The first-order valence-electron chi connectivity index (χ1n) is 9.80. The number of halogens is 1. The zero-order chi connectivity index (χ0) is 20.0. The van der Waals surface area contributed by atoms with Crippen LogP contribution in [0, 0.1) is 19.7 Å². The van der Waals surface area contributed by atoms with Crippen molar-refractivity contribution < 1.29 is 4.39 Å². The monoisotopic (exact) mass is 380 g/mol. The highest BCUT2D eigenvalue weighted by Gasteiger charge is 2.16. The van der Waals surface area contributed by atoms with Crippen LogP contribution < -0.4 is 0 Å². The molecule has 0 saturated heterocycles. The van der Waals surface area contributed by atoms with Crippen molar-refractivity contribution in [2.45, 2.75) is 20.4 Å². The molecule has 142 valence electrons. The van der Waals surface area contributed by atoms with Gasteiger partial charge in [-0.2, -0.15) is 0 Å². The van der Waals surface area contributed by atoms with Crippen LogP contribution in [0.15, 0.2) is 79.0 Å². The highest BCUT2D eigenvalue weighted by molar-refractivity contribution is 5.95. The molecule has 0 fully saturated rings. The summed E-state index contributed by atoms with van der Waals surface area (Å²) in [6.45, 7) is 5.08. The fourth-order valence-corrected chi connectivity index (χ4v) is 4.13. The fraction of sp³-hybridized carbons (Fsp3) is 0.115. The van der Waals surface area contributed by atoms with E-state index >= 15 is 0 Å². The van der Waals surface area contributed by atoms with Gasteiger partial charge in [0.2, 0.25) is 0 Å². The van der Waals surface area contributed by atoms with Crippen LogP contribution >= 0.6 is 0 Å². The topological polar surface area (TPSA) is 17.8 Å². The largest absolute Gasteiger partial charge is 0.338 e. The molecule has 0 N–H and O–H groups in total. The summed E-state index contributed by atoms with van der Waals surface area (Å²) in [5, 5.41) is 3.68. The highest BCUT2D eigenvalue weighted by atomic mass is 19.1. The second kappa shape index (κ2) is 6.85. The zero-order valence-corrected chi connectivity index (χ0v) is 16.5. The van der Waals surface area contributed by atoms with Crippen LogP contribution in [0.3, 0.4) is 0 Å². The Balaban J connectivity index is 1.70. The van der Waals surface area contributed by atoms with Crippen molar-refractivity contribution in [2.24, 2.45) is 0 Å². The molecule has 0 saturated carbocycles. The summed E-state index contributed by atoms with van der Waals surface area (Å²) in [7, 11) is 0. The lowest BCUT2D eigenvalue weighted by atomic mass is 10.1. The van der Waals surface area contributed by atoms with Crippen LogP contribution in [-0.4, -0.2) is 9.55 Å². The summed E-state index contributed by atoms with van der Waals surface area (Å²) in [6.07, 6.45) is 1.84. The van der Waals surface area contributed by atoms with Gasteiger partial charge in [0.25, 0.3) is 0 Å². The average Bonchev–Trinajstić information content (AvgIpc) is 2.99. The van der Waals surface area contributed by atoms with Crippen LogP contribution in [0.5, 0.6) is 0 Å². The van der Waals surface area contributed by atoms with E-state index in [0.29, 0.717) is 0 Å². The summed E-state index contributed by atoms with van der Waals surface area (Å²) < 4.78 is 15.8. The van der Waals surface area contributed by atoms with Gasteiger partial charge in [0, 0.05) is 29.4 Å². The van der Waals surface area contributed by atoms with E-state index in [1.807, 2.05) is 6.20 Å². The molecule has 0 aliphatic rings. The molecule has 0 spiro atoms. The van der Waals surface area contributed by atoms with E-state index in [0.717, 1.165) is 23.3 Å². The van der Waals surface area contributed by atoms with Gasteiger partial charge in [-0.15, -0.1) is 0 Å². The summed E-state index contributed by atoms with van der Waals surface area (Å²) >= 11 is 0. The number of aryl methyl sites for hydroxylation is 1. The van der Waals surface area contributed by atoms with Crippen LogP contribution in [0.1, 0.15) is 16.8 Å². The molecule has 2 heterocycles. The molecule has 2 nitrogen and oxygen atoms in total. The normalized spacial score (nSPS) is 11.4. The molecule has 0 bridgehead atoms. The SMILES string of the molecule is Cc1c(C)n(Cc2ccc3ccccc3c2)c2c(-c3ccc(F)cc3)nccc12. The van der Waals surface area contributed by atoms with Crippen molar-refractivity contribution in [1.29, 1.82) is 0 Å².